The minimum absolute atomic E-state index is 0.00842. The van der Waals surface area contributed by atoms with Gasteiger partial charge in [0.05, 0.1) is 25.6 Å². The topological polar surface area (TPSA) is 89.4 Å². The molecule has 0 atom stereocenters. The van der Waals surface area contributed by atoms with Gasteiger partial charge in [0, 0.05) is 6.08 Å². The molecular weight excluding hydrogens is 390 g/mol. The van der Waals surface area contributed by atoms with Gasteiger partial charge >= 0.3 is 11.9 Å². The molecule has 0 spiro atoms. The third-order valence-electron chi connectivity index (χ3n) is 3.54. The van der Waals surface area contributed by atoms with Crippen molar-refractivity contribution < 1.29 is 19.1 Å². The second-order valence-corrected chi connectivity index (χ2v) is 6.58. The molecule has 2 aromatic carbocycles. The first-order valence-corrected chi connectivity index (χ1v) is 9.40. The van der Waals surface area contributed by atoms with Crippen LogP contribution >= 0.6 is 11.8 Å². The molecule has 0 radical (unpaired) electrons. The lowest BCUT2D eigenvalue weighted by molar-refractivity contribution is -0.137. The number of methoxy groups -OCH3 is 2. The number of amidine groups is 1. The van der Waals surface area contributed by atoms with E-state index in [2.05, 4.69) is 20.3 Å². The van der Waals surface area contributed by atoms with Crippen LogP contribution in [0.3, 0.4) is 0 Å². The van der Waals surface area contributed by atoms with Crippen LogP contribution in [-0.4, -0.2) is 37.0 Å². The number of benzene rings is 2. The number of hydrazone groups is 1. The summed E-state index contributed by atoms with van der Waals surface area (Å²) in [5.41, 5.74) is 5.18. The Hall–Kier alpha value is -3.39. The van der Waals surface area contributed by atoms with Crippen molar-refractivity contribution in [2.45, 2.75) is 6.92 Å². The Kier molecular flexibility index (Phi) is 8.65. The van der Waals surface area contributed by atoms with Crippen LogP contribution in [0.1, 0.15) is 12.5 Å². The van der Waals surface area contributed by atoms with Gasteiger partial charge in [-0.05, 0) is 36.4 Å². The molecule has 8 heteroatoms. The Balaban J connectivity index is 2.34. The molecule has 0 saturated carbocycles. The van der Waals surface area contributed by atoms with Crippen LogP contribution < -0.4 is 5.43 Å². The maximum absolute atomic E-state index is 12.1. The number of hydrogen-bond acceptors (Lipinski definition) is 7. The van der Waals surface area contributed by atoms with E-state index in [0.29, 0.717) is 5.69 Å². The van der Waals surface area contributed by atoms with Gasteiger partial charge in [0.2, 0.25) is 0 Å². The summed E-state index contributed by atoms with van der Waals surface area (Å²) in [6.45, 7) is 1.85. The summed E-state index contributed by atoms with van der Waals surface area (Å²) < 4.78 is 9.36. The summed E-state index contributed by atoms with van der Waals surface area (Å²) in [6.07, 6.45) is 1.05. The number of aliphatic imine (C=N–C) groups is 1. The molecule has 0 bridgehead atoms. The second kappa shape index (κ2) is 11.5. The fourth-order valence-corrected chi connectivity index (χ4v) is 2.84. The summed E-state index contributed by atoms with van der Waals surface area (Å²) in [7, 11) is 2.45. The quantitative estimate of drug-likeness (QED) is 0.257. The molecule has 0 unspecified atom stereocenters. The highest BCUT2D eigenvalue weighted by Gasteiger charge is 2.17. The maximum Gasteiger partial charge on any atom is 0.345 e. The summed E-state index contributed by atoms with van der Waals surface area (Å²) in [5, 5.41) is 4.63. The Morgan fingerprint density at radius 3 is 2.17 bits per heavy atom. The minimum Gasteiger partial charge on any atom is -0.466 e. The lowest BCUT2D eigenvalue weighted by Gasteiger charge is -2.09. The lowest BCUT2D eigenvalue weighted by Crippen LogP contribution is -2.18. The number of rotatable bonds is 6. The molecule has 0 heterocycles. The molecule has 2 aromatic rings. The molecule has 0 saturated heterocycles. The lowest BCUT2D eigenvalue weighted by atomic mass is 10.1. The first-order valence-electron chi connectivity index (χ1n) is 8.58. The maximum atomic E-state index is 12.1. The number of esters is 2. The smallest absolute Gasteiger partial charge is 0.345 e. The van der Waals surface area contributed by atoms with E-state index in [0.717, 1.165) is 29.1 Å². The Morgan fingerprint density at radius 2 is 1.59 bits per heavy atom. The summed E-state index contributed by atoms with van der Waals surface area (Å²) in [6, 6.07) is 18.8. The predicted molar refractivity (Wildman–Crippen MR) is 115 cm³/mol. The van der Waals surface area contributed by atoms with E-state index in [1.807, 2.05) is 55.5 Å². The van der Waals surface area contributed by atoms with Gasteiger partial charge in [-0.1, -0.05) is 48.5 Å². The zero-order valence-corrected chi connectivity index (χ0v) is 17.1. The van der Waals surface area contributed by atoms with Gasteiger partial charge in [-0.3, -0.25) is 5.43 Å². The molecule has 0 fully saturated rings. The van der Waals surface area contributed by atoms with Gasteiger partial charge in [0.25, 0.3) is 0 Å². The number of carbonyl (C=O) groups excluding carboxylic acids is 2. The number of hydrogen-bond donors (Lipinski definition) is 1. The normalized spacial score (nSPS) is 12.3. The van der Waals surface area contributed by atoms with E-state index in [9.17, 15) is 9.59 Å². The van der Waals surface area contributed by atoms with Crippen molar-refractivity contribution in [1.29, 1.82) is 0 Å². The molecule has 0 aromatic heterocycles. The summed E-state index contributed by atoms with van der Waals surface area (Å²) in [4.78, 5) is 28.2. The fourth-order valence-electron chi connectivity index (χ4n) is 2.07. The number of carbonyl (C=O) groups is 2. The van der Waals surface area contributed by atoms with Crippen molar-refractivity contribution in [2.24, 2.45) is 10.1 Å². The number of thioether (sulfide) groups is 1. The zero-order valence-electron chi connectivity index (χ0n) is 16.3. The Bertz CT molecular complexity index is 925. The number of nitrogens with one attached hydrogen (secondary N) is 1. The highest BCUT2D eigenvalue weighted by atomic mass is 32.2. The van der Waals surface area contributed by atoms with Gasteiger partial charge < -0.3 is 9.47 Å². The molecule has 2 rings (SSSR count). The zero-order chi connectivity index (χ0) is 21.1. The largest absolute Gasteiger partial charge is 0.466 e. The molecule has 0 aliphatic heterocycles. The predicted octanol–water partition coefficient (Wildman–Crippen LogP) is 3.65. The first kappa shape index (κ1) is 21.9. The average Bonchev–Trinajstić information content (AvgIpc) is 2.77. The van der Waals surface area contributed by atoms with Crippen molar-refractivity contribution >= 4 is 40.3 Å². The molecule has 0 aliphatic carbocycles. The highest BCUT2D eigenvalue weighted by molar-refractivity contribution is 8.17. The molecule has 0 aliphatic rings. The van der Waals surface area contributed by atoms with Crippen LogP contribution in [0.15, 0.2) is 81.7 Å². The number of ether oxygens (including phenoxy) is 2. The Labute approximate surface area is 173 Å². The van der Waals surface area contributed by atoms with E-state index in [4.69, 9.17) is 4.74 Å². The van der Waals surface area contributed by atoms with Gasteiger partial charge in [-0.2, -0.15) is 5.10 Å². The van der Waals surface area contributed by atoms with E-state index in [1.54, 1.807) is 12.1 Å². The SMILES string of the molecule is COC(=O)/C=C(\SC(=Nc1ccccc1)N/N=C(\C)c1ccccc1)C(=O)OC. The summed E-state index contributed by atoms with van der Waals surface area (Å²) in [5.74, 6) is -1.37. The van der Waals surface area contributed by atoms with Gasteiger partial charge in [-0.15, -0.1) is 0 Å². The molecule has 1 N–H and O–H groups in total. The van der Waals surface area contributed by atoms with E-state index < -0.39 is 11.9 Å². The van der Waals surface area contributed by atoms with E-state index in [1.165, 1.54) is 14.2 Å². The molecule has 7 nitrogen and oxygen atoms in total. The van der Waals surface area contributed by atoms with Crippen molar-refractivity contribution in [3.8, 4) is 0 Å². The van der Waals surface area contributed by atoms with Crippen LogP contribution in [-0.2, 0) is 19.1 Å². The van der Waals surface area contributed by atoms with Crippen molar-refractivity contribution in [3.63, 3.8) is 0 Å². The van der Waals surface area contributed by atoms with Crippen molar-refractivity contribution in [2.75, 3.05) is 14.2 Å². The van der Waals surface area contributed by atoms with Gasteiger partial charge in [0.1, 0.15) is 4.91 Å². The van der Waals surface area contributed by atoms with Gasteiger partial charge in [0.15, 0.2) is 5.17 Å². The van der Waals surface area contributed by atoms with Crippen LogP contribution in [0.4, 0.5) is 5.69 Å². The third kappa shape index (κ3) is 7.27. The van der Waals surface area contributed by atoms with Crippen LogP contribution in [0.5, 0.6) is 0 Å². The summed E-state index contributed by atoms with van der Waals surface area (Å²) >= 11 is 0.916. The number of nitrogens with zero attached hydrogens (tertiary/aromatic N) is 2. The minimum atomic E-state index is -0.688. The van der Waals surface area contributed by atoms with Crippen molar-refractivity contribution in [1.82, 2.24) is 5.43 Å². The van der Waals surface area contributed by atoms with Crippen LogP contribution in [0, 0.1) is 0 Å². The van der Waals surface area contributed by atoms with Crippen LogP contribution in [0.2, 0.25) is 0 Å². The van der Waals surface area contributed by atoms with E-state index in [-0.39, 0.29) is 10.1 Å². The second-order valence-electron chi connectivity index (χ2n) is 5.55. The third-order valence-corrected chi connectivity index (χ3v) is 4.42. The molecule has 0 amide bonds. The molecule has 150 valence electrons. The van der Waals surface area contributed by atoms with E-state index >= 15 is 0 Å². The first-order chi connectivity index (χ1) is 14.0. The standard InChI is InChI=1S/C21H21N3O4S/c1-15(16-10-6-4-7-11-16)23-24-21(22-17-12-8-5-9-13-17)29-18(20(26)28-3)14-19(25)27-2/h4-14H,1-3H3,(H,22,24)/b18-14-,23-15+. The molecule has 29 heavy (non-hydrogen) atoms. The Morgan fingerprint density at radius 1 is 0.966 bits per heavy atom. The highest BCUT2D eigenvalue weighted by Crippen LogP contribution is 2.22. The monoisotopic (exact) mass is 411 g/mol. The fraction of sp³-hybridized carbons (Fsp3) is 0.143. The average molecular weight is 411 g/mol. The van der Waals surface area contributed by atoms with Crippen molar-refractivity contribution in [3.05, 3.63) is 77.2 Å². The van der Waals surface area contributed by atoms with Crippen LogP contribution in [0.25, 0.3) is 0 Å². The molecular formula is C21H21N3O4S. The van der Waals surface area contributed by atoms with Gasteiger partial charge in [-0.25, -0.2) is 14.6 Å². The number of para-hydroxylation sites is 1.